The molecule has 19 heavy (non-hydrogen) atoms. The monoisotopic (exact) mass is 369 g/mol. The van der Waals surface area contributed by atoms with Gasteiger partial charge in [0.2, 0.25) is 0 Å². The van der Waals surface area contributed by atoms with E-state index in [1.807, 2.05) is 0 Å². The zero-order chi connectivity index (χ0) is 14.6. The number of halogens is 2. The molecule has 0 aliphatic carbocycles. The maximum absolute atomic E-state index is 11.8. The Bertz CT molecular complexity index is 589. The van der Waals surface area contributed by atoms with Crippen molar-refractivity contribution < 1.29 is 17.9 Å². The molecule has 0 saturated heterocycles. The zero-order valence-corrected chi connectivity index (χ0v) is 13.5. The van der Waals surface area contributed by atoms with Crippen LogP contribution in [0.3, 0.4) is 0 Å². The van der Waals surface area contributed by atoms with Gasteiger partial charge in [-0.15, -0.1) is 0 Å². The first-order valence-corrected chi connectivity index (χ1v) is 8.39. The topological polar surface area (TPSA) is 72.5 Å². The first kappa shape index (κ1) is 16.4. The summed E-state index contributed by atoms with van der Waals surface area (Å²) in [6.45, 7) is 2.40. The van der Waals surface area contributed by atoms with E-state index in [1.54, 1.807) is 13.0 Å². The number of benzene rings is 1. The molecule has 1 amide bonds. The van der Waals surface area contributed by atoms with Crippen LogP contribution < -0.4 is 5.32 Å². The van der Waals surface area contributed by atoms with Crippen LogP contribution in [0, 0.1) is 6.92 Å². The number of ether oxygens (including phenoxy) is 1. The number of nitrogens with one attached hydrogen (secondary N) is 1. The standard InChI is InChI=1S/C11H13BrClNO4S/c1-7-5-8(11(15)14-3-4-18-2)6-9(10(7)12)19(13,16)17/h5-6H,3-4H2,1-2H3,(H,14,15). The molecule has 0 atom stereocenters. The average Bonchev–Trinajstić information content (AvgIpc) is 2.31. The van der Waals surface area contributed by atoms with Crippen LogP contribution >= 0.6 is 26.6 Å². The van der Waals surface area contributed by atoms with Crippen LogP contribution in [-0.2, 0) is 13.8 Å². The molecule has 1 N–H and O–H groups in total. The molecule has 0 fully saturated rings. The number of hydrogen-bond donors (Lipinski definition) is 1. The van der Waals surface area contributed by atoms with Crippen molar-refractivity contribution in [1.82, 2.24) is 5.32 Å². The Kier molecular flexibility index (Phi) is 5.79. The molecule has 0 bridgehead atoms. The van der Waals surface area contributed by atoms with E-state index in [0.717, 1.165) is 0 Å². The van der Waals surface area contributed by atoms with Gasteiger partial charge >= 0.3 is 0 Å². The number of rotatable bonds is 5. The van der Waals surface area contributed by atoms with E-state index in [-0.39, 0.29) is 16.4 Å². The van der Waals surface area contributed by atoms with Crippen LogP contribution in [-0.4, -0.2) is 34.6 Å². The second-order valence-corrected chi connectivity index (χ2v) is 7.12. The van der Waals surface area contributed by atoms with Crippen LogP contribution in [0.15, 0.2) is 21.5 Å². The van der Waals surface area contributed by atoms with Crippen LogP contribution in [0.2, 0.25) is 0 Å². The number of amides is 1. The molecule has 8 heteroatoms. The van der Waals surface area contributed by atoms with Gasteiger partial charge in [-0.2, -0.15) is 0 Å². The average molecular weight is 371 g/mol. The summed E-state index contributed by atoms with van der Waals surface area (Å²) in [7, 11) is 2.94. The van der Waals surface area contributed by atoms with Gasteiger partial charge in [-0.3, -0.25) is 4.79 Å². The third-order valence-electron chi connectivity index (χ3n) is 2.34. The Morgan fingerprint density at radius 1 is 1.47 bits per heavy atom. The van der Waals surface area contributed by atoms with Crippen molar-refractivity contribution in [3.63, 3.8) is 0 Å². The minimum atomic E-state index is -3.92. The van der Waals surface area contributed by atoms with E-state index in [4.69, 9.17) is 15.4 Å². The molecule has 1 aromatic carbocycles. The van der Waals surface area contributed by atoms with Gasteiger partial charge in [0.15, 0.2) is 0 Å². The van der Waals surface area contributed by atoms with Crippen molar-refractivity contribution in [2.24, 2.45) is 0 Å². The second kappa shape index (κ2) is 6.69. The van der Waals surface area contributed by atoms with Crippen molar-refractivity contribution in [2.75, 3.05) is 20.3 Å². The lowest BCUT2D eigenvalue weighted by Crippen LogP contribution is -2.27. The molecule has 0 saturated carbocycles. The molecule has 0 aliphatic rings. The number of carbonyl (C=O) groups is 1. The van der Waals surface area contributed by atoms with E-state index in [0.29, 0.717) is 23.2 Å². The van der Waals surface area contributed by atoms with Crippen molar-refractivity contribution in [3.8, 4) is 0 Å². The molecule has 5 nitrogen and oxygen atoms in total. The summed E-state index contributed by atoms with van der Waals surface area (Å²) in [6, 6.07) is 2.82. The fraction of sp³-hybridized carbons (Fsp3) is 0.364. The highest BCUT2D eigenvalue weighted by Crippen LogP contribution is 2.29. The minimum absolute atomic E-state index is 0.119. The molecular formula is C11H13BrClNO4S. The van der Waals surface area contributed by atoms with Gasteiger partial charge in [0.25, 0.3) is 15.0 Å². The summed E-state index contributed by atoms with van der Waals surface area (Å²) >= 11 is 3.15. The Hall–Kier alpha value is -0.630. The summed E-state index contributed by atoms with van der Waals surface area (Å²) in [4.78, 5) is 11.7. The summed E-state index contributed by atoms with van der Waals surface area (Å²) < 4.78 is 28.0. The highest BCUT2D eigenvalue weighted by molar-refractivity contribution is 9.10. The van der Waals surface area contributed by atoms with Gasteiger partial charge in [-0.25, -0.2) is 8.42 Å². The lowest BCUT2D eigenvalue weighted by atomic mass is 10.1. The Morgan fingerprint density at radius 2 is 2.11 bits per heavy atom. The Balaban J connectivity index is 3.11. The normalized spacial score (nSPS) is 11.4. The van der Waals surface area contributed by atoms with Gasteiger partial charge in [0.05, 0.1) is 11.5 Å². The molecular weight excluding hydrogens is 358 g/mol. The summed E-state index contributed by atoms with van der Waals surface area (Å²) in [5, 5.41) is 2.61. The van der Waals surface area contributed by atoms with Gasteiger partial charge in [0.1, 0.15) is 0 Å². The Morgan fingerprint density at radius 3 is 2.63 bits per heavy atom. The van der Waals surface area contributed by atoms with Gasteiger partial charge in [0, 0.05) is 34.4 Å². The van der Waals surface area contributed by atoms with Crippen LogP contribution in [0.25, 0.3) is 0 Å². The first-order valence-electron chi connectivity index (χ1n) is 5.29. The molecule has 1 aromatic rings. The maximum atomic E-state index is 11.8. The van der Waals surface area contributed by atoms with E-state index in [2.05, 4.69) is 21.2 Å². The number of carbonyl (C=O) groups excluding carboxylic acids is 1. The lowest BCUT2D eigenvalue weighted by Gasteiger charge is -2.09. The number of methoxy groups -OCH3 is 1. The van der Waals surface area contributed by atoms with E-state index in [1.165, 1.54) is 13.2 Å². The Labute approximate surface area is 124 Å². The molecule has 0 heterocycles. The molecule has 0 spiro atoms. The molecule has 0 unspecified atom stereocenters. The fourth-order valence-corrected chi connectivity index (χ4v) is 3.57. The van der Waals surface area contributed by atoms with Gasteiger partial charge in [-0.1, -0.05) is 0 Å². The summed E-state index contributed by atoms with van der Waals surface area (Å²) in [5.74, 6) is -0.380. The van der Waals surface area contributed by atoms with E-state index < -0.39 is 9.05 Å². The third kappa shape index (κ3) is 4.45. The van der Waals surface area contributed by atoms with Crippen LogP contribution in [0.1, 0.15) is 15.9 Å². The quantitative estimate of drug-likeness (QED) is 0.636. The van der Waals surface area contributed by atoms with Crippen molar-refractivity contribution in [1.29, 1.82) is 0 Å². The molecule has 0 aromatic heterocycles. The predicted octanol–water partition coefficient (Wildman–Crippen LogP) is 2.06. The molecule has 0 aliphatic heterocycles. The van der Waals surface area contributed by atoms with Crippen molar-refractivity contribution >= 4 is 41.6 Å². The highest BCUT2D eigenvalue weighted by atomic mass is 79.9. The molecule has 106 valence electrons. The molecule has 1 rings (SSSR count). The van der Waals surface area contributed by atoms with Crippen molar-refractivity contribution in [3.05, 3.63) is 27.7 Å². The second-order valence-electron chi connectivity index (χ2n) is 3.79. The van der Waals surface area contributed by atoms with Gasteiger partial charge in [-0.05, 0) is 40.5 Å². The number of aryl methyl sites for hydroxylation is 1. The van der Waals surface area contributed by atoms with E-state index >= 15 is 0 Å². The summed E-state index contributed by atoms with van der Waals surface area (Å²) in [6.07, 6.45) is 0. The largest absolute Gasteiger partial charge is 0.383 e. The van der Waals surface area contributed by atoms with Gasteiger partial charge < -0.3 is 10.1 Å². The smallest absolute Gasteiger partial charge is 0.262 e. The number of hydrogen-bond acceptors (Lipinski definition) is 4. The SMILES string of the molecule is COCCNC(=O)c1cc(C)c(Br)c(S(=O)(=O)Cl)c1. The zero-order valence-electron chi connectivity index (χ0n) is 10.4. The molecule has 0 radical (unpaired) electrons. The predicted molar refractivity (Wildman–Crippen MR) is 76.1 cm³/mol. The van der Waals surface area contributed by atoms with Crippen LogP contribution in [0.5, 0.6) is 0 Å². The third-order valence-corrected chi connectivity index (χ3v) is 5.00. The maximum Gasteiger partial charge on any atom is 0.262 e. The van der Waals surface area contributed by atoms with E-state index in [9.17, 15) is 13.2 Å². The first-order chi connectivity index (χ1) is 8.77. The minimum Gasteiger partial charge on any atom is -0.383 e. The highest BCUT2D eigenvalue weighted by Gasteiger charge is 2.19. The van der Waals surface area contributed by atoms with Crippen molar-refractivity contribution in [2.45, 2.75) is 11.8 Å². The summed E-state index contributed by atoms with van der Waals surface area (Å²) in [5.41, 5.74) is 0.842. The van der Waals surface area contributed by atoms with Crippen LogP contribution in [0.4, 0.5) is 0 Å². The fourth-order valence-electron chi connectivity index (χ4n) is 1.41. The lowest BCUT2D eigenvalue weighted by molar-refractivity contribution is 0.0937.